The molecule has 0 aromatic heterocycles. The first-order valence-corrected chi connectivity index (χ1v) is 5.90. The van der Waals surface area contributed by atoms with Crippen LogP contribution in [0, 0.1) is 5.92 Å². The highest BCUT2D eigenvalue weighted by molar-refractivity contribution is 6.30. The second kappa shape index (κ2) is 8.97. The van der Waals surface area contributed by atoms with E-state index in [1.807, 2.05) is 18.2 Å². The van der Waals surface area contributed by atoms with E-state index in [4.69, 9.17) is 17.3 Å². The van der Waals surface area contributed by atoms with Gasteiger partial charge in [-0.1, -0.05) is 29.8 Å². The molecule has 100 valence electrons. The number of nitrogens with two attached hydrogens (primary N) is 1. The van der Waals surface area contributed by atoms with Gasteiger partial charge in [0.2, 0.25) is 5.91 Å². The molecule has 0 radical (unpaired) electrons. The molecule has 0 aliphatic carbocycles. The molecule has 1 aromatic carbocycles. The largest absolute Gasteiger partial charge is 0.352 e. The first-order chi connectivity index (χ1) is 8.17. The lowest BCUT2D eigenvalue weighted by Crippen LogP contribution is -2.30. The van der Waals surface area contributed by atoms with Crippen LogP contribution in [0.2, 0.25) is 5.02 Å². The van der Waals surface area contributed by atoms with Crippen molar-refractivity contribution in [2.24, 2.45) is 11.7 Å². The molecule has 3 N–H and O–H groups in total. The third-order valence-corrected chi connectivity index (χ3v) is 2.69. The minimum absolute atomic E-state index is 0. The van der Waals surface area contributed by atoms with Gasteiger partial charge in [-0.15, -0.1) is 19.0 Å². The molecule has 1 unspecified atom stereocenters. The van der Waals surface area contributed by atoms with E-state index in [1.54, 1.807) is 12.1 Å². The molecule has 1 amide bonds. The van der Waals surface area contributed by atoms with Crippen LogP contribution in [0.3, 0.4) is 0 Å². The summed E-state index contributed by atoms with van der Waals surface area (Å²) in [5, 5.41) is 3.50. The predicted molar refractivity (Wildman–Crippen MR) is 77.9 cm³/mol. The van der Waals surface area contributed by atoms with Crippen LogP contribution < -0.4 is 11.1 Å². The summed E-state index contributed by atoms with van der Waals surface area (Å²) in [6, 6.07) is 7.40. The number of carbonyl (C=O) groups excluding carboxylic acids is 1. The van der Waals surface area contributed by atoms with Gasteiger partial charge in [0, 0.05) is 11.6 Å². The minimum atomic E-state index is -0.223. The second-order valence-corrected chi connectivity index (χ2v) is 4.20. The van der Waals surface area contributed by atoms with Gasteiger partial charge in [0.1, 0.15) is 0 Å². The summed E-state index contributed by atoms with van der Waals surface area (Å²) in [6.45, 7) is 4.57. The maximum Gasteiger partial charge on any atom is 0.227 e. The van der Waals surface area contributed by atoms with E-state index < -0.39 is 0 Å². The molecule has 1 rings (SSSR count). The number of amides is 1. The third kappa shape index (κ3) is 5.54. The van der Waals surface area contributed by atoms with Gasteiger partial charge in [-0.25, -0.2) is 0 Å². The topological polar surface area (TPSA) is 55.1 Å². The Kier molecular flexibility index (Phi) is 8.46. The fraction of sp³-hybridized carbons (Fsp3) is 0.308. The van der Waals surface area contributed by atoms with Gasteiger partial charge in [0.25, 0.3) is 0 Å². The monoisotopic (exact) mass is 288 g/mol. The molecule has 0 saturated carbocycles. The number of halogens is 2. The molecule has 0 bridgehead atoms. The van der Waals surface area contributed by atoms with Crippen molar-refractivity contribution in [2.75, 3.05) is 6.54 Å². The Balaban J connectivity index is 0.00000289. The third-order valence-electron chi connectivity index (χ3n) is 2.45. The van der Waals surface area contributed by atoms with Crippen LogP contribution in [0.15, 0.2) is 36.9 Å². The number of nitrogens with one attached hydrogen (secondary N) is 1. The zero-order valence-corrected chi connectivity index (χ0v) is 11.6. The summed E-state index contributed by atoms with van der Waals surface area (Å²) >= 11 is 5.85. The lowest BCUT2D eigenvalue weighted by molar-refractivity contribution is -0.123. The highest BCUT2D eigenvalue weighted by Crippen LogP contribution is 2.11. The van der Waals surface area contributed by atoms with E-state index in [1.165, 1.54) is 0 Å². The Labute approximate surface area is 119 Å². The number of hydrogen-bond acceptors (Lipinski definition) is 2. The van der Waals surface area contributed by atoms with Crippen molar-refractivity contribution in [2.45, 2.75) is 13.0 Å². The van der Waals surface area contributed by atoms with Crippen molar-refractivity contribution in [1.82, 2.24) is 5.32 Å². The number of benzene rings is 1. The Morgan fingerprint density at radius 3 is 2.83 bits per heavy atom. The van der Waals surface area contributed by atoms with Crippen LogP contribution in [-0.2, 0) is 11.3 Å². The van der Waals surface area contributed by atoms with E-state index >= 15 is 0 Å². The van der Waals surface area contributed by atoms with Crippen molar-refractivity contribution in [3.8, 4) is 0 Å². The van der Waals surface area contributed by atoms with Gasteiger partial charge >= 0.3 is 0 Å². The van der Waals surface area contributed by atoms with Crippen LogP contribution in [-0.4, -0.2) is 12.5 Å². The summed E-state index contributed by atoms with van der Waals surface area (Å²) in [7, 11) is 0. The van der Waals surface area contributed by atoms with Crippen LogP contribution in [0.5, 0.6) is 0 Å². The zero-order chi connectivity index (χ0) is 12.7. The summed E-state index contributed by atoms with van der Waals surface area (Å²) in [6.07, 6.45) is 2.24. The van der Waals surface area contributed by atoms with Crippen LogP contribution in [0.4, 0.5) is 0 Å². The van der Waals surface area contributed by atoms with Gasteiger partial charge in [0.05, 0.1) is 5.92 Å². The molecule has 0 heterocycles. The quantitative estimate of drug-likeness (QED) is 0.791. The van der Waals surface area contributed by atoms with Crippen LogP contribution in [0.25, 0.3) is 0 Å². The molecule has 0 spiro atoms. The Bertz CT molecular complexity index is 396. The van der Waals surface area contributed by atoms with Gasteiger partial charge < -0.3 is 11.1 Å². The fourth-order valence-corrected chi connectivity index (χ4v) is 1.72. The summed E-state index contributed by atoms with van der Waals surface area (Å²) < 4.78 is 0. The molecule has 0 aliphatic rings. The molecular weight excluding hydrogens is 271 g/mol. The number of rotatable bonds is 6. The van der Waals surface area contributed by atoms with Gasteiger partial charge in [-0.05, 0) is 30.7 Å². The van der Waals surface area contributed by atoms with E-state index in [0.717, 1.165) is 5.56 Å². The average molecular weight is 289 g/mol. The molecule has 0 fully saturated rings. The van der Waals surface area contributed by atoms with E-state index in [-0.39, 0.29) is 24.2 Å². The highest BCUT2D eigenvalue weighted by Gasteiger charge is 2.12. The Morgan fingerprint density at radius 2 is 2.28 bits per heavy atom. The van der Waals surface area contributed by atoms with Gasteiger partial charge in [-0.3, -0.25) is 4.79 Å². The first-order valence-electron chi connectivity index (χ1n) is 5.52. The lowest BCUT2D eigenvalue weighted by atomic mass is 10.1. The maximum absolute atomic E-state index is 11.8. The van der Waals surface area contributed by atoms with Crippen LogP contribution >= 0.6 is 24.0 Å². The SMILES string of the molecule is C=CC(CCN)C(=O)NCc1cccc(Cl)c1.Cl. The molecular formula is C13H18Cl2N2O. The Hall–Kier alpha value is -1.03. The zero-order valence-electron chi connectivity index (χ0n) is 10.1. The summed E-state index contributed by atoms with van der Waals surface area (Å²) in [5.74, 6) is -0.274. The number of hydrogen-bond donors (Lipinski definition) is 2. The fourth-order valence-electron chi connectivity index (χ4n) is 1.50. The summed E-state index contributed by atoms with van der Waals surface area (Å²) in [4.78, 5) is 11.8. The maximum atomic E-state index is 11.8. The van der Waals surface area contributed by atoms with Crippen molar-refractivity contribution < 1.29 is 4.79 Å². The van der Waals surface area contributed by atoms with Gasteiger partial charge in [-0.2, -0.15) is 0 Å². The van der Waals surface area contributed by atoms with Crippen molar-refractivity contribution >= 4 is 29.9 Å². The highest BCUT2D eigenvalue weighted by atomic mass is 35.5. The Morgan fingerprint density at radius 1 is 1.56 bits per heavy atom. The molecule has 0 aliphatic heterocycles. The number of carbonyl (C=O) groups is 1. The second-order valence-electron chi connectivity index (χ2n) is 3.77. The molecule has 18 heavy (non-hydrogen) atoms. The van der Waals surface area contributed by atoms with Crippen molar-refractivity contribution in [3.05, 3.63) is 47.5 Å². The standard InChI is InChI=1S/C13H17ClN2O.ClH/c1-2-11(6-7-15)13(17)16-9-10-4-3-5-12(14)8-10;/h2-5,8,11H,1,6-7,9,15H2,(H,16,17);1H. The molecule has 5 heteroatoms. The van der Waals surface area contributed by atoms with E-state index in [2.05, 4.69) is 11.9 Å². The lowest BCUT2D eigenvalue weighted by Gasteiger charge is -2.12. The molecule has 3 nitrogen and oxygen atoms in total. The molecule has 1 aromatic rings. The van der Waals surface area contributed by atoms with E-state index in [9.17, 15) is 4.79 Å². The molecule has 0 saturated heterocycles. The van der Waals surface area contributed by atoms with Crippen molar-refractivity contribution in [3.63, 3.8) is 0 Å². The van der Waals surface area contributed by atoms with Gasteiger partial charge in [0.15, 0.2) is 0 Å². The predicted octanol–water partition coefficient (Wildman–Crippen LogP) is 2.53. The first kappa shape index (κ1) is 17.0. The van der Waals surface area contributed by atoms with Crippen molar-refractivity contribution in [1.29, 1.82) is 0 Å². The molecule has 1 atom stereocenters. The van der Waals surface area contributed by atoms with E-state index in [0.29, 0.717) is 24.5 Å². The smallest absolute Gasteiger partial charge is 0.227 e. The summed E-state index contributed by atoms with van der Waals surface area (Å²) in [5.41, 5.74) is 6.40. The average Bonchev–Trinajstić information content (AvgIpc) is 2.33. The minimum Gasteiger partial charge on any atom is -0.352 e. The van der Waals surface area contributed by atoms with Crippen LogP contribution in [0.1, 0.15) is 12.0 Å². The normalized spacial score (nSPS) is 11.2.